The van der Waals surface area contributed by atoms with Gasteiger partial charge < -0.3 is 19.0 Å². The van der Waals surface area contributed by atoms with Crippen molar-refractivity contribution in [3.8, 4) is 34.4 Å². The van der Waals surface area contributed by atoms with Gasteiger partial charge in [-0.2, -0.15) is 0 Å². The van der Waals surface area contributed by atoms with Crippen molar-refractivity contribution in [3.05, 3.63) is 97.1 Å². The minimum Gasteiger partial charge on any atom is -0.507 e. The molecule has 4 aromatic carbocycles. The molecule has 1 radical (unpaired) electrons. The molecule has 0 unspecified atom stereocenters. The zero-order chi connectivity index (χ0) is 21.9. The van der Waals surface area contributed by atoms with Crippen molar-refractivity contribution < 1.29 is 36.1 Å². The van der Waals surface area contributed by atoms with Gasteiger partial charge in [0.05, 0.1) is 11.1 Å². The number of para-hydroxylation sites is 6. The summed E-state index contributed by atoms with van der Waals surface area (Å²) in [6.45, 7) is 0. The molecular formula is C26H18CuN2O4. The number of nitrogens with zero attached hydrogens (tertiary/aromatic N) is 2. The minimum atomic E-state index is 0. The Kier molecular flexibility index (Phi) is 6.45. The van der Waals surface area contributed by atoms with Gasteiger partial charge in [0.1, 0.15) is 22.5 Å². The molecule has 0 amide bonds. The minimum absolute atomic E-state index is 0. The third kappa shape index (κ3) is 4.60. The van der Waals surface area contributed by atoms with Gasteiger partial charge in [-0.15, -0.1) is 0 Å². The SMILES string of the molecule is Oc1ccccc1-c1nc2ccccc2o1.Oc1ccccc1-c1nc2ccccc2o1.[Cu]. The Bertz CT molecular complexity index is 1340. The molecule has 0 aliphatic heterocycles. The van der Waals surface area contributed by atoms with Crippen molar-refractivity contribution in [2.24, 2.45) is 0 Å². The number of aromatic hydroxyl groups is 2. The van der Waals surface area contributed by atoms with Crippen LogP contribution in [-0.4, -0.2) is 20.2 Å². The summed E-state index contributed by atoms with van der Waals surface area (Å²) in [6, 6.07) is 29.0. The van der Waals surface area contributed by atoms with Crippen LogP contribution in [0.5, 0.6) is 11.5 Å². The number of hydrogen-bond donors (Lipinski definition) is 2. The summed E-state index contributed by atoms with van der Waals surface area (Å²) in [7, 11) is 0. The molecule has 2 heterocycles. The molecule has 0 aliphatic carbocycles. The maximum atomic E-state index is 9.69. The van der Waals surface area contributed by atoms with Crippen LogP contribution < -0.4 is 0 Å². The molecule has 7 heteroatoms. The number of rotatable bonds is 2. The van der Waals surface area contributed by atoms with Crippen LogP contribution in [0.1, 0.15) is 0 Å². The molecule has 0 spiro atoms. The molecule has 0 saturated carbocycles. The van der Waals surface area contributed by atoms with E-state index in [9.17, 15) is 10.2 Å². The number of benzene rings is 4. The van der Waals surface area contributed by atoms with E-state index in [1.807, 2.05) is 60.7 Å². The van der Waals surface area contributed by atoms with E-state index >= 15 is 0 Å². The van der Waals surface area contributed by atoms with Gasteiger partial charge in [-0.05, 0) is 48.5 Å². The smallest absolute Gasteiger partial charge is 0.231 e. The van der Waals surface area contributed by atoms with E-state index in [2.05, 4.69) is 9.97 Å². The molecule has 167 valence electrons. The first-order chi connectivity index (χ1) is 15.7. The molecular weight excluding hydrogens is 468 g/mol. The van der Waals surface area contributed by atoms with E-state index in [1.165, 1.54) is 0 Å². The Labute approximate surface area is 199 Å². The van der Waals surface area contributed by atoms with E-state index in [-0.39, 0.29) is 28.6 Å². The summed E-state index contributed by atoms with van der Waals surface area (Å²) in [6.07, 6.45) is 0. The Morgan fingerprint density at radius 2 is 0.848 bits per heavy atom. The zero-order valence-electron chi connectivity index (χ0n) is 17.1. The summed E-state index contributed by atoms with van der Waals surface area (Å²) in [5.74, 6) is 1.24. The fraction of sp³-hybridized carbons (Fsp3) is 0. The van der Waals surface area contributed by atoms with Crippen molar-refractivity contribution >= 4 is 22.2 Å². The van der Waals surface area contributed by atoms with Crippen LogP contribution in [0.25, 0.3) is 45.1 Å². The molecule has 6 aromatic rings. The van der Waals surface area contributed by atoms with Crippen LogP contribution in [-0.2, 0) is 17.1 Å². The fourth-order valence-corrected chi connectivity index (χ4v) is 3.28. The average molecular weight is 486 g/mol. The Morgan fingerprint density at radius 1 is 0.485 bits per heavy atom. The maximum absolute atomic E-state index is 9.69. The van der Waals surface area contributed by atoms with Gasteiger partial charge in [-0.1, -0.05) is 48.5 Å². The van der Waals surface area contributed by atoms with Crippen LogP contribution in [0.15, 0.2) is 106 Å². The number of phenolic OH excluding ortho intramolecular Hbond substituents is 2. The molecule has 0 fully saturated rings. The van der Waals surface area contributed by atoms with Gasteiger partial charge in [0, 0.05) is 17.1 Å². The third-order valence-electron chi connectivity index (χ3n) is 4.86. The van der Waals surface area contributed by atoms with Crippen LogP contribution in [0.4, 0.5) is 0 Å². The molecule has 0 aliphatic rings. The van der Waals surface area contributed by atoms with Crippen molar-refractivity contribution in [1.82, 2.24) is 9.97 Å². The van der Waals surface area contributed by atoms with Crippen LogP contribution in [0.2, 0.25) is 0 Å². The Balaban J connectivity index is 0.000000152. The fourth-order valence-electron chi connectivity index (χ4n) is 3.28. The van der Waals surface area contributed by atoms with Crippen molar-refractivity contribution in [1.29, 1.82) is 0 Å². The number of aromatic nitrogens is 2. The standard InChI is InChI=1S/2C13H9NO2.Cu/c2*15-11-7-3-1-5-9(11)13-14-10-6-2-4-8-12(10)16-13;/h2*1-8,15H;. The maximum Gasteiger partial charge on any atom is 0.231 e. The first kappa shape index (κ1) is 22.1. The summed E-state index contributed by atoms with van der Waals surface area (Å²) in [4.78, 5) is 8.63. The number of fused-ring (bicyclic) bond motifs is 2. The molecule has 0 bridgehead atoms. The quantitative estimate of drug-likeness (QED) is 0.276. The van der Waals surface area contributed by atoms with Gasteiger partial charge in [0.2, 0.25) is 11.8 Å². The summed E-state index contributed by atoms with van der Waals surface area (Å²) >= 11 is 0. The van der Waals surface area contributed by atoms with Gasteiger partial charge in [-0.3, -0.25) is 0 Å². The monoisotopic (exact) mass is 485 g/mol. The topological polar surface area (TPSA) is 92.5 Å². The molecule has 33 heavy (non-hydrogen) atoms. The molecule has 0 saturated heterocycles. The first-order valence-corrected chi connectivity index (χ1v) is 9.97. The van der Waals surface area contributed by atoms with Crippen LogP contribution in [0, 0.1) is 0 Å². The van der Waals surface area contributed by atoms with E-state index in [1.54, 1.807) is 36.4 Å². The molecule has 2 N–H and O–H groups in total. The van der Waals surface area contributed by atoms with E-state index in [4.69, 9.17) is 8.83 Å². The second-order valence-corrected chi connectivity index (χ2v) is 7.01. The van der Waals surface area contributed by atoms with Gasteiger partial charge in [0.25, 0.3) is 0 Å². The summed E-state index contributed by atoms with van der Waals surface area (Å²) in [5, 5.41) is 19.4. The second kappa shape index (κ2) is 9.61. The van der Waals surface area contributed by atoms with Gasteiger partial charge in [0.15, 0.2) is 11.2 Å². The number of oxazole rings is 2. The van der Waals surface area contributed by atoms with Crippen molar-refractivity contribution in [2.45, 2.75) is 0 Å². The predicted octanol–water partition coefficient (Wildman–Crippen LogP) is 6.40. The van der Waals surface area contributed by atoms with Crippen molar-refractivity contribution in [2.75, 3.05) is 0 Å². The third-order valence-corrected chi connectivity index (χ3v) is 4.86. The van der Waals surface area contributed by atoms with E-state index in [0.29, 0.717) is 22.9 Å². The Morgan fingerprint density at radius 3 is 1.24 bits per heavy atom. The van der Waals surface area contributed by atoms with Gasteiger partial charge >= 0.3 is 0 Å². The molecule has 6 nitrogen and oxygen atoms in total. The molecule has 0 atom stereocenters. The van der Waals surface area contributed by atoms with Crippen LogP contribution >= 0.6 is 0 Å². The molecule has 2 aromatic heterocycles. The van der Waals surface area contributed by atoms with Gasteiger partial charge in [-0.25, -0.2) is 9.97 Å². The first-order valence-electron chi connectivity index (χ1n) is 9.97. The summed E-state index contributed by atoms with van der Waals surface area (Å²) in [5.41, 5.74) is 4.25. The largest absolute Gasteiger partial charge is 0.507 e. The second-order valence-electron chi connectivity index (χ2n) is 7.01. The molecule has 6 rings (SSSR count). The average Bonchev–Trinajstić information content (AvgIpc) is 3.44. The van der Waals surface area contributed by atoms with Crippen molar-refractivity contribution in [3.63, 3.8) is 0 Å². The normalized spacial score (nSPS) is 10.4. The predicted molar refractivity (Wildman–Crippen MR) is 122 cm³/mol. The number of phenols is 2. The van der Waals surface area contributed by atoms with E-state index < -0.39 is 0 Å². The van der Waals surface area contributed by atoms with Crippen LogP contribution in [0.3, 0.4) is 0 Å². The zero-order valence-corrected chi connectivity index (χ0v) is 18.1. The Hall–Kier alpha value is -4.06. The van der Waals surface area contributed by atoms with E-state index in [0.717, 1.165) is 22.2 Å². The summed E-state index contributed by atoms with van der Waals surface area (Å²) < 4.78 is 11.1. The number of hydrogen-bond acceptors (Lipinski definition) is 6.